The number of carbonyl (C=O) groups is 4. The fourth-order valence-corrected chi connectivity index (χ4v) is 5.60. The Bertz CT molecular complexity index is 1660. The number of piperazine rings is 1. The number of carboxylic acid groups (broad SMARTS) is 1. The van der Waals surface area contributed by atoms with E-state index in [0.29, 0.717) is 52.8 Å². The summed E-state index contributed by atoms with van der Waals surface area (Å²) in [4.78, 5) is 59.4. The van der Waals surface area contributed by atoms with E-state index < -0.39 is 29.7 Å². The third kappa shape index (κ3) is 6.86. The number of carboxylic acids is 1. The van der Waals surface area contributed by atoms with E-state index in [0.717, 1.165) is 5.56 Å². The zero-order valence-electron chi connectivity index (χ0n) is 25.5. The van der Waals surface area contributed by atoms with E-state index in [1.54, 1.807) is 54.3 Å². The molecule has 0 aromatic heterocycles. The first-order valence-corrected chi connectivity index (χ1v) is 15.1. The quantitative estimate of drug-likeness (QED) is 0.313. The number of aromatic carboxylic acids is 1. The van der Waals surface area contributed by atoms with Gasteiger partial charge in [0.1, 0.15) is 29.8 Å². The minimum atomic E-state index is -1.07. The summed E-state index contributed by atoms with van der Waals surface area (Å²) in [5.74, 6) is -0.726. The Balaban J connectivity index is 1.74. The average molecular weight is 631 g/mol. The lowest BCUT2D eigenvalue weighted by Gasteiger charge is -2.36. The largest absolute Gasteiger partial charge is 0.487 e. The number of urea groups is 1. The van der Waals surface area contributed by atoms with Crippen molar-refractivity contribution < 1.29 is 29.0 Å². The number of amidine groups is 1. The van der Waals surface area contributed by atoms with Crippen LogP contribution in [-0.2, 0) is 4.79 Å². The molecule has 3 amide bonds. The summed E-state index contributed by atoms with van der Waals surface area (Å²) in [5.41, 5.74) is 1.83. The maximum atomic E-state index is 14.5. The van der Waals surface area contributed by atoms with E-state index in [-0.39, 0.29) is 23.8 Å². The van der Waals surface area contributed by atoms with E-state index >= 15 is 0 Å². The number of nitrogens with one attached hydrogen (secondary N) is 1. The van der Waals surface area contributed by atoms with Gasteiger partial charge in [-0.25, -0.2) is 9.59 Å². The third-order valence-electron chi connectivity index (χ3n) is 7.57. The first-order valence-electron chi connectivity index (χ1n) is 14.7. The number of carbonyl (C=O) groups excluding carboxylic acids is 3. The zero-order chi connectivity index (χ0) is 32.5. The minimum absolute atomic E-state index is 0.0589. The van der Waals surface area contributed by atoms with Gasteiger partial charge in [-0.2, -0.15) is 0 Å². The van der Waals surface area contributed by atoms with E-state index in [4.69, 9.17) is 21.3 Å². The maximum Gasteiger partial charge on any atom is 0.335 e. The van der Waals surface area contributed by atoms with Crippen molar-refractivity contribution >= 4 is 41.1 Å². The highest BCUT2D eigenvalue weighted by atomic mass is 35.5. The molecule has 0 spiro atoms. The van der Waals surface area contributed by atoms with Gasteiger partial charge in [0.2, 0.25) is 5.91 Å². The summed E-state index contributed by atoms with van der Waals surface area (Å²) in [6, 6.07) is 16.8. The topological polar surface area (TPSA) is 129 Å². The molecule has 2 unspecified atom stereocenters. The monoisotopic (exact) mass is 630 g/mol. The molecule has 1 fully saturated rings. The van der Waals surface area contributed by atoms with Gasteiger partial charge in [-0.05, 0) is 68.3 Å². The summed E-state index contributed by atoms with van der Waals surface area (Å²) < 4.78 is 6.38. The number of Topliss-reactive ketones (excluding diaryl/α,β-unsaturated/α-hetero) is 1. The molecule has 10 nitrogen and oxygen atoms in total. The Morgan fingerprint density at radius 1 is 1.00 bits per heavy atom. The molecule has 234 valence electrons. The Hall–Kier alpha value is -4.70. The molecule has 0 aliphatic carbocycles. The number of hydrogen-bond acceptors (Lipinski definition) is 6. The molecule has 2 atom stereocenters. The van der Waals surface area contributed by atoms with Crippen molar-refractivity contribution in [3.8, 4) is 5.75 Å². The minimum Gasteiger partial charge on any atom is -0.487 e. The molecule has 45 heavy (non-hydrogen) atoms. The predicted octanol–water partition coefficient (Wildman–Crippen LogP) is 5.90. The van der Waals surface area contributed by atoms with Crippen molar-refractivity contribution in [1.29, 1.82) is 0 Å². The summed E-state index contributed by atoms with van der Waals surface area (Å²) in [7, 11) is 0. The number of halogens is 1. The van der Waals surface area contributed by atoms with Crippen molar-refractivity contribution in [2.45, 2.75) is 51.8 Å². The SMILES string of the molecule is CCC(=O)c1ccc(C2=NC(c3ccc(Cl)cc3)C(c3ccc(C(=O)O)cc3)N2C(=O)N2CCNC(=O)C2)c(OC(C)(C)C)c1. The molecule has 5 rings (SSSR count). The van der Waals surface area contributed by atoms with Gasteiger partial charge in [-0.1, -0.05) is 48.9 Å². The molecule has 2 heterocycles. The third-order valence-corrected chi connectivity index (χ3v) is 7.83. The molecule has 0 radical (unpaired) electrons. The molecule has 11 heteroatoms. The molecule has 2 aliphatic heterocycles. The maximum absolute atomic E-state index is 14.5. The highest BCUT2D eigenvalue weighted by Crippen LogP contribution is 2.45. The standard InChI is InChI=1S/C34H35ClN4O6/c1-5-26(40)23-12-15-25(27(18-23)45-34(2,3)4)31-37-29(20-10-13-24(35)14-11-20)30(21-6-8-22(9-7-21)32(42)43)39(31)33(44)38-17-16-36-28(41)19-38/h6-15,18,29-30H,5,16-17,19H2,1-4H3,(H,36,41)(H,42,43). The van der Waals surface area contributed by atoms with Gasteiger partial charge in [0.25, 0.3) is 0 Å². The van der Waals surface area contributed by atoms with Gasteiger partial charge in [0.05, 0.1) is 17.2 Å². The Morgan fingerprint density at radius 2 is 1.64 bits per heavy atom. The molecule has 0 saturated carbocycles. The first-order chi connectivity index (χ1) is 21.4. The van der Waals surface area contributed by atoms with Crippen LogP contribution in [0.15, 0.2) is 71.7 Å². The number of rotatable bonds is 7. The van der Waals surface area contributed by atoms with Crippen molar-refractivity contribution in [3.05, 3.63) is 99.6 Å². The van der Waals surface area contributed by atoms with E-state index in [1.807, 2.05) is 32.9 Å². The van der Waals surface area contributed by atoms with E-state index in [9.17, 15) is 24.3 Å². The molecular formula is C34H35ClN4O6. The van der Waals surface area contributed by atoms with E-state index in [1.165, 1.54) is 17.0 Å². The zero-order valence-corrected chi connectivity index (χ0v) is 26.3. The van der Waals surface area contributed by atoms with Gasteiger partial charge >= 0.3 is 12.0 Å². The van der Waals surface area contributed by atoms with Crippen molar-refractivity contribution in [2.75, 3.05) is 19.6 Å². The smallest absolute Gasteiger partial charge is 0.335 e. The normalized spacial score (nSPS) is 18.3. The summed E-state index contributed by atoms with van der Waals surface area (Å²) >= 11 is 6.23. The second-order valence-electron chi connectivity index (χ2n) is 11.9. The van der Waals surface area contributed by atoms with Crippen LogP contribution in [0.4, 0.5) is 4.79 Å². The van der Waals surface area contributed by atoms with Gasteiger partial charge in [-0.15, -0.1) is 0 Å². The summed E-state index contributed by atoms with van der Waals surface area (Å²) in [5, 5.41) is 12.8. The first kappa shape index (κ1) is 31.7. The number of ketones is 1. The van der Waals surface area contributed by atoms with Crippen LogP contribution in [-0.4, -0.2) is 69.7 Å². The van der Waals surface area contributed by atoms with Crippen molar-refractivity contribution in [3.63, 3.8) is 0 Å². The van der Waals surface area contributed by atoms with Crippen LogP contribution in [0.3, 0.4) is 0 Å². The van der Waals surface area contributed by atoms with Crippen LogP contribution in [0.1, 0.15) is 83.6 Å². The van der Waals surface area contributed by atoms with Crippen molar-refractivity contribution in [1.82, 2.24) is 15.1 Å². The summed E-state index contributed by atoms with van der Waals surface area (Å²) in [6.45, 7) is 7.91. The number of aliphatic imine (C=N–C) groups is 1. The Kier molecular flexibility index (Phi) is 8.97. The second kappa shape index (κ2) is 12.7. The van der Waals surface area contributed by atoms with E-state index in [2.05, 4.69) is 5.32 Å². The molecule has 2 aliphatic rings. The number of nitrogens with zero attached hydrogens (tertiary/aromatic N) is 3. The highest BCUT2D eigenvalue weighted by Gasteiger charge is 2.45. The molecule has 2 N–H and O–H groups in total. The lowest BCUT2D eigenvalue weighted by atomic mass is 9.93. The lowest BCUT2D eigenvalue weighted by molar-refractivity contribution is -0.123. The molecule has 3 aromatic carbocycles. The summed E-state index contributed by atoms with van der Waals surface area (Å²) in [6.07, 6.45) is 0.309. The van der Waals surface area contributed by atoms with Crippen molar-refractivity contribution in [2.24, 2.45) is 4.99 Å². The van der Waals surface area contributed by atoms with Gasteiger partial charge in [0, 0.05) is 30.1 Å². The van der Waals surface area contributed by atoms with Crippen LogP contribution in [0.25, 0.3) is 0 Å². The number of ether oxygens (including phenoxy) is 1. The number of benzene rings is 3. The van der Waals surface area contributed by atoms with Gasteiger partial charge < -0.3 is 20.1 Å². The van der Waals surface area contributed by atoms with Crippen LogP contribution >= 0.6 is 11.6 Å². The van der Waals surface area contributed by atoms with Gasteiger partial charge in [-0.3, -0.25) is 19.5 Å². The molecule has 3 aromatic rings. The molecule has 1 saturated heterocycles. The molecule has 0 bridgehead atoms. The number of hydrogen-bond donors (Lipinski definition) is 2. The Morgan fingerprint density at radius 3 is 2.24 bits per heavy atom. The fourth-order valence-electron chi connectivity index (χ4n) is 5.47. The van der Waals surface area contributed by atoms with Crippen LogP contribution < -0.4 is 10.1 Å². The Labute approximate surface area is 266 Å². The van der Waals surface area contributed by atoms with Crippen LogP contribution in [0, 0.1) is 0 Å². The average Bonchev–Trinajstić information content (AvgIpc) is 3.40. The van der Waals surface area contributed by atoms with Crippen LogP contribution in [0.2, 0.25) is 5.02 Å². The van der Waals surface area contributed by atoms with Crippen LogP contribution in [0.5, 0.6) is 5.75 Å². The highest BCUT2D eigenvalue weighted by molar-refractivity contribution is 6.30. The van der Waals surface area contributed by atoms with Gasteiger partial charge in [0.15, 0.2) is 5.78 Å². The predicted molar refractivity (Wildman–Crippen MR) is 170 cm³/mol. The number of amides is 3. The molecular weight excluding hydrogens is 596 g/mol. The lowest BCUT2D eigenvalue weighted by Crippen LogP contribution is -2.55. The fraction of sp³-hybridized carbons (Fsp3) is 0.324. The second-order valence-corrected chi connectivity index (χ2v) is 12.4.